The first-order chi connectivity index (χ1) is 12.7. The van der Waals surface area contributed by atoms with Crippen LogP contribution in [-0.4, -0.2) is 24.4 Å². The minimum atomic E-state index is 0.503. The van der Waals surface area contributed by atoms with Crippen molar-refractivity contribution >= 4 is 11.8 Å². The van der Waals surface area contributed by atoms with Crippen molar-refractivity contribution in [1.29, 1.82) is 5.26 Å². The molecular weight excluding hydrogens is 350 g/mol. The van der Waals surface area contributed by atoms with Crippen molar-refractivity contribution in [2.45, 2.75) is 17.4 Å². The van der Waals surface area contributed by atoms with Crippen LogP contribution in [0, 0.1) is 11.3 Å². The van der Waals surface area contributed by atoms with Crippen molar-refractivity contribution in [3.63, 3.8) is 0 Å². The monoisotopic (exact) mass is 367 g/mol. The van der Waals surface area contributed by atoms with Crippen LogP contribution in [0.5, 0.6) is 11.5 Å². The van der Waals surface area contributed by atoms with Crippen molar-refractivity contribution in [2.24, 2.45) is 0 Å². The fourth-order valence-electron chi connectivity index (χ4n) is 2.41. The number of rotatable bonds is 7. The van der Waals surface area contributed by atoms with Gasteiger partial charge in [0.1, 0.15) is 0 Å². The Balaban J connectivity index is 1.63. The second-order valence-electron chi connectivity index (χ2n) is 5.43. The molecule has 6 nitrogen and oxygen atoms in total. The van der Waals surface area contributed by atoms with E-state index in [-0.39, 0.29) is 0 Å². The van der Waals surface area contributed by atoms with Gasteiger partial charge >= 0.3 is 0 Å². The average Bonchev–Trinajstić information content (AvgIpc) is 3.13. The molecule has 1 heterocycles. The lowest BCUT2D eigenvalue weighted by Gasteiger charge is -2.08. The Bertz CT molecular complexity index is 934. The van der Waals surface area contributed by atoms with Crippen LogP contribution in [0.15, 0.2) is 52.1 Å². The van der Waals surface area contributed by atoms with Crippen LogP contribution in [-0.2, 0) is 12.2 Å². The lowest BCUT2D eigenvalue weighted by molar-refractivity contribution is 0.354. The van der Waals surface area contributed by atoms with Crippen LogP contribution in [0.2, 0.25) is 0 Å². The number of methoxy groups -OCH3 is 2. The molecule has 3 rings (SSSR count). The number of hydrogen-bond acceptors (Lipinski definition) is 7. The molecule has 7 heteroatoms. The second kappa shape index (κ2) is 8.41. The highest BCUT2D eigenvalue weighted by Crippen LogP contribution is 2.29. The zero-order valence-electron chi connectivity index (χ0n) is 14.4. The topological polar surface area (TPSA) is 81.2 Å². The third kappa shape index (κ3) is 4.35. The van der Waals surface area contributed by atoms with E-state index < -0.39 is 0 Å². The molecule has 0 amide bonds. The predicted octanol–water partition coefficient (Wildman–Crippen LogP) is 3.84. The number of nitrogens with zero attached hydrogens (tertiary/aromatic N) is 3. The highest BCUT2D eigenvalue weighted by atomic mass is 32.2. The van der Waals surface area contributed by atoms with Crippen LogP contribution >= 0.6 is 11.8 Å². The van der Waals surface area contributed by atoms with Gasteiger partial charge in [0.2, 0.25) is 5.89 Å². The maximum Gasteiger partial charge on any atom is 0.276 e. The van der Waals surface area contributed by atoms with Crippen LogP contribution in [0.25, 0.3) is 0 Å². The molecule has 26 heavy (non-hydrogen) atoms. The molecule has 2 aromatic carbocycles. The van der Waals surface area contributed by atoms with Crippen LogP contribution in [0.1, 0.15) is 22.6 Å². The summed E-state index contributed by atoms with van der Waals surface area (Å²) in [6.07, 6.45) is 0.512. The Labute approximate surface area is 155 Å². The third-order valence-corrected chi connectivity index (χ3v) is 4.56. The van der Waals surface area contributed by atoms with Crippen LogP contribution in [0.4, 0.5) is 0 Å². The number of ether oxygens (including phenoxy) is 2. The summed E-state index contributed by atoms with van der Waals surface area (Å²) in [5.41, 5.74) is 2.67. The number of thioether (sulfide) groups is 1. The minimum absolute atomic E-state index is 0.503. The van der Waals surface area contributed by atoms with E-state index in [1.165, 1.54) is 11.8 Å². The van der Waals surface area contributed by atoms with E-state index in [2.05, 4.69) is 16.3 Å². The van der Waals surface area contributed by atoms with Gasteiger partial charge in [0, 0.05) is 5.75 Å². The van der Waals surface area contributed by atoms with Gasteiger partial charge in [-0.25, -0.2) is 0 Å². The minimum Gasteiger partial charge on any atom is -0.493 e. The molecule has 1 aromatic heterocycles. The van der Waals surface area contributed by atoms with Gasteiger partial charge in [-0.05, 0) is 35.4 Å². The molecule has 0 bridgehead atoms. The van der Waals surface area contributed by atoms with Crippen LogP contribution in [0.3, 0.4) is 0 Å². The smallest absolute Gasteiger partial charge is 0.276 e. The molecule has 0 radical (unpaired) electrons. The summed E-state index contributed by atoms with van der Waals surface area (Å²) in [7, 11) is 3.20. The molecule has 3 aromatic rings. The van der Waals surface area contributed by atoms with E-state index in [1.807, 2.05) is 36.4 Å². The Morgan fingerprint density at radius 1 is 1.04 bits per heavy atom. The van der Waals surface area contributed by atoms with Gasteiger partial charge < -0.3 is 13.9 Å². The highest BCUT2D eigenvalue weighted by molar-refractivity contribution is 7.98. The molecule has 0 unspecified atom stereocenters. The van der Waals surface area contributed by atoms with E-state index in [1.54, 1.807) is 20.3 Å². The normalized spacial score (nSPS) is 10.3. The Kier molecular flexibility index (Phi) is 5.77. The van der Waals surface area contributed by atoms with Crippen molar-refractivity contribution in [3.05, 3.63) is 65.0 Å². The molecule has 0 spiro atoms. The molecule has 0 atom stereocenters. The lowest BCUT2D eigenvalue weighted by atomic mass is 10.1. The molecule has 0 aliphatic rings. The summed E-state index contributed by atoms with van der Waals surface area (Å²) in [5.74, 6) is 2.53. The van der Waals surface area contributed by atoms with Crippen molar-refractivity contribution in [2.75, 3.05) is 14.2 Å². The first-order valence-corrected chi connectivity index (χ1v) is 8.85. The average molecular weight is 367 g/mol. The SMILES string of the molecule is COc1ccc(Cc2nnc(SCc3cccc(C#N)c3)o2)cc1OC. The maximum atomic E-state index is 8.95. The molecule has 0 aliphatic heterocycles. The molecule has 0 saturated carbocycles. The fraction of sp³-hybridized carbons (Fsp3) is 0.211. The zero-order chi connectivity index (χ0) is 18.4. The quantitative estimate of drug-likeness (QED) is 0.587. The van der Waals surface area contributed by atoms with Crippen LogP contribution < -0.4 is 9.47 Å². The second-order valence-corrected chi connectivity index (χ2v) is 6.36. The molecule has 0 saturated heterocycles. The molecule has 0 aliphatic carbocycles. The van der Waals surface area contributed by atoms with Gasteiger partial charge in [0.15, 0.2) is 11.5 Å². The number of aromatic nitrogens is 2. The summed E-state index contributed by atoms with van der Waals surface area (Å²) in [4.78, 5) is 0. The lowest BCUT2D eigenvalue weighted by Crippen LogP contribution is -1.94. The largest absolute Gasteiger partial charge is 0.493 e. The molecule has 0 N–H and O–H groups in total. The van der Waals surface area contributed by atoms with Gasteiger partial charge in [0.05, 0.1) is 32.3 Å². The van der Waals surface area contributed by atoms with E-state index in [4.69, 9.17) is 19.2 Å². The number of nitriles is 1. The first-order valence-electron chi connectivity index (χ1n) is 7.87. The van der Waals surface area contributed by atoms with E-state index in [0.29, 0.717) is 40.3 Å². The van der Waals surface area contributed by atoms with E-state index in [9.17, 15) is 0 Å². The zero-order valence-corrected chi connectivity index (χ0v) is 15.2. The highest BCUT2D eigenvalue weighted by Gasteiger charge is 2.10. The summed E-state index contributed by atoms with van der Waals surface area (Å²) in [5, 5.41) is 17.6. The van der Waals surface area contributed by atoms with Gasteiger partial charge in [-0.1, -0.05) is 30.0 Å². The van der Waals surface area contributed by atoms with E-state index in [0.717, 1.165) is 11.1 Å². The molecular formula is C19H17N3O3S. The molecule has 132 valence electrons. The predicted molar refractivity (Wildman–Crippen MR) is 97.4 cm³/mol. The van der Waals surface area contributed by atoms with Crippen molar-refractivity contribution < 1.29 is 13.9 Å². The summed E-state index contributed by atoms with van der Waals surface area (Å²) < 4.78 is 16.2. The summed E-state index contributed by atoms with van der Waals surface area (Å²) in [6.45, 7) is 0. The Morgan fingerprint density at radius 2 is 1.88 bits per heavy atom. The van der Waals surface area contributed by atoms with Gasteiger partial charge in [-0.15, -0.1) is 10.2 Å². The van der Waals surface area contributed by atoms with Gasteiger partial charge in [-0.2, -0.15) is 5.26 Å². The van der Waals surface area contributed by atoms with E-state index >= 15 is 0 Å². The van der Waals surface area contributed by atoms with Gasteiger partial charge in [0.25, 0.3) is 5.22 Å². The Hall–Kier alpha value is -2.98. The number of benzene rings is 2. The summed E-state index contributed by atoms with van der Waals surface area (Å²) in [6, 6.07) is 15.3. The molecule has 0 fully saturated rings. The Morgan fingerprint density at radius 3 is 2.65 bits per heavy atom. The summed E-state index contributed by atoms with van der Waals surface area (Å²) >= 11 is 1.44. The fourth-order valence-corrected chi connectivity index (χ4v) is 3.13. The standard InChI is InChI=1S/C19H17N3O3S/c1-23-16-7-6-13(9-17(16)24-2)10-18-21-22-19(25-18)26-12-15-5-3-4-14(8-15)11-20/h3-9H,10,12H2,1-2H3. The number of hydrogen-bond donors (Lipinski definition) is 0. The maximum absolute atomic E-state index is 8.95. The van der Waals surface area contributed by atoms with Crippen molar-refractivity contribution in [1.82, 2.24) is 10.2 Å². The third-order valence-electron chi connectivity index (χ3n) is 3.67. The van der Waals surface area contributed by atoms with Gasteiger partial charge in [-0.3, -0.25) is 0 Å². The first kappa shape index (κ1) is 17.8. The van der Waals surface area contributed by atoms with Crippen molar-refractivity contribution in [3.8, 4) is 17.6 Å².